The van der Waals surface area contributed by atoms with Crippen LogP contribution in [-0.2, 0) is 0 Å². The second kappa shape index (κ2) is 7.15. The van der Waals surface area contributed by atoms with Gasteiger partial charge in [0.2, 0.25) is 0 Å². The Bertz CT molecular complexity index is 1410. The fraction of sp³-hybridized carbons (Fsp3) is 0.107. The van der Waals surface area contributed by atoms with Crippen LogP contribution in [0.25, 0.3) is 11.1 Å². The van der Waals surface area contributed by atoms with E-state index in [4.69, 9.17) is 0 Å². The van der Waals surface area contributed by atoms with Crippen LogP contribution in [0.15, 0.2) is 84.9 Å². The van der Waals surface area contributed by atoms with Crippen LogP contribution in [0.2, 0.25) is 13.1 Å². The highest BCUT2D eigenvalue weighted by molar-refractivity contribution is 6.88. The average Bonchev–Trinajstić information content (AvgIpc) is 2.85. The molecule has 0 aromatic heterocycles. The highest BCUT2D eigenvalue weighted by Gasteiger charge is 2.30. The van der Waals surface area contributed by atoms with E-state index in [0.717, 1.165) is 11.1 Å². The number of hydrogen-bond donors (Lipinski definition) is 0. The molecule has 0 aliphatic carbocycles. The molecule has 0 saturated heterocycles. The lowest BCUT2D eigenvalue weighted by Crippen LogP contribution is -2.49. The van der Waals surface area contributed by atoms with Crippen molar-refractivity contribution in [3.05, 3.63) is 96.1 Å². The zero-order valence-electron chi connectivity index (χ0n) is 18.4. The van der Waals surface area contributed by atoms with E-state index in [9.17, 15) is 4.79 Å². The number of carbonyl (C=O) groups is 1. The number of rotatable bonds is 1. The van der Waals surface area contributed by atoms with Gasteiger partial charge in [0, 0.05) is 29.5 Å². The van der Waals surface area contributed by atoms with E-state index in [-0.39, 0.29) is 5.78 Å². The summed E-state index contributed by atoms with van der Waals surface area (Å²) in [5, 5.41) is 5.39. The minimum atomic E-state index is -0.967. The van der Waals surface area contributed by atoms with Crippen molar-refractivity contribution in [3.63, 3.8) is 0 Å². The minimum Gasteiger partial charge on any atom is -0.345 e. The maximum Gasteiger partial charge on any atom is 0.192 e. The molecule has 2 nitrogen and oxygen atoms in total. The maximum absolute atomic E-state index is 13.1. The van der Waals surface area contributed by atoms with E-state index in [1.54, 1.807) is 0 Å². The van der Waals surface area contributed by atoms with E-state index in [2.05, 4.69) is 97.8 Å². The molecule has 4 heteroatoms. The Balaban J connectivity index is 1.45. The molecular formula is C28H23NOSi2. The van der Waals surface area contributed by atoms with Crippen molar-refractivity contribution >= 4 is 55.5 Å². The number of benzene rings is 4. The summed E-state index contributed by atoms with van der Waals surface area (Å²) in [6.45, 7) is 4.71. The molecular weight excluding hydrogens is 422 g/mol. The summed E-state index contributed by atoms with van der Waals surface area (Å²) in [6.07, 6.45) is 0. The Kier molecular flexibility index (Phi) is 4.35. The highest BCUT2D eigenvalue weighted by Crippen LogP contribution is 2.29. The molecule has 0 spiro atoms. The second-order valence-electron chi connectivity index (χ2n) is 8.69. The van der Waals surface area contributed by atoms with Gasteiger partial charge in [-0.1, -0.05) is 85.9 Å². The SMILES string of the molecule is CN1c2ccccc2[Si](C)c2cc(-c3ccc4c(c3)[Si](C)c3ccccc3C4=O)ccc21. The van der Waals surface area contributed by atoms with Gasteiger partial charge in [0.1, 0.15) is 17.6 Å². The van der Waals surface area contributed by atoms with Gasteiger partial charge in [-0.15, -0.1) is 0 Å². The van der Waals surface area contributed by atoms with Crippen LogP contribution >= 0.6 is 0 Å². The Morgan fingerprint density at radius 2 is 1.16 bits per heavy atom. The molecule has 0 atom stereocenters. The Labute approximate surface area is 192 Å². The van der Waals surface area contributed by atoms with E-state index < -0.39 is 17.6 Å². The van der Waals surface area contributed by atoms with Gasteiger partial charge in [-0.25, -0.2) is 0 Å². The van der Waals surface area contributed by atoms with Crippen molar-refractivity contribution in [3.8, 4) is 11.1 Å². The van der Waals surface area contributed by atoms with E-state index in [1.807, 2.05) is 12.1 Å². The fourth-order valence-electron chi connectivity index (χ4n) is 5.20. The van der Waals surface area contributed by atoms with Gasteiger partial charge in [0.05, 0.1) is 0 Å². The number of ketones is 1. The predicted molar refractivity (Wildman–Crippen MR) is 138 cm³/mol. The van der Waals surface area contributed by atoms with Gasteiger partial charge in [-0.2, -0.15) is 0 Å². The first kappa shape index (κ1) is 19.5. The molecule has 0 bridgehead atoms. The normalized spacial score (nSPS) is 15.1. The van der Waals surface area contributed by atoms with Crippen LogP contribution in [0, 0.1) is 0 Å². The van der Waals surface area contributed by atoms with Crippen LogP contribution < -0.4 is 25.6 Å². The van der Waals surface area contributed by atoms with Crippen LogP contribution in [-0.4, -0.2) is 30.4 Å². The molecule has 2 aliphatic rings. The lowest BCUT2D eigenvalue weighted by molar-refractivity contribution is 0.104. The molecule has 4 aromatic rings. The number of nitrogens with zero attached hydrogens (tertiary/aromatic N) is 1. The number of hydrogen-bond acceptors (Lipinski definition) is 2. The van der Waals surface area contributed by atoms with Crippen molar-refractivity contribution in [2.45, 2.75) is 13.1 Å². The summed E-state index contributed by atoms with van der Waals surface area (Å²) >= 11 is 0. The summed E-state index contributed by atoms with van der Waals surface area (Å²) in [4.78, 5) is 15.4. The maximum atomic E-state index is 13.1. The first-order chi connectivity index (χ1) is 15.5. The third-order valence-corrected chi connectivity index (χ3v) is 11.9. The second-order valence-corrected chi connectivity index (χ2v) is 13.3. The van der Waals surface area contributed by atoms with E-state index in [0.29, 0.717) is 0 Å². The molecule has 6 rings (SSSR count). The summed E-state index contributed by atoms with van der Waals surface area (Å²) < 4.78 is 0. The van der Waals surface area contributed by atoms with Crippen LogP contribution in [0.5, 0.6) is 0 Å². The van der Waals surface area contributed by atoms with Gasteiger partial charge in [-0.3, -0.25) is 4.79 Å². The lowest BCUT2D eigenvalue weighted by atomic mass is 9.98. The largest absolute Gasteiger partial charge is 0.345 e. The predicted octanol–water partition coefficient (Wildman–Crippen LogP) is 3.46. The van der Waals surface area contributed by atoms with Gasteiger partial charge in [-0.05, 0) is 44.0 Å². The topological polar surface area (TPSA) is 20.3 Å². The number of para-hydroxylation sites is 1. The standard InChI is InChI=1S/C28H23NOSi2/c1-29-22-9-5-7-11-25(22)32(3)27-17-19(13-15-23(27)29)18-12-14-21-26(16-18)31(2)24-10-6-4-8-20(24)28(21)30/h4-17H,1-3H3. The van der Waals surface area contributed by atoms with Crippen LogP contribution in [0.4, 0.5) is 11.4 Å². The van der Waals surface area contributed by atoms with E-state index in [1.165, 1.54) is 43.2 Å². The summed E-state index contributed by atoms with van der Waals surface area (Å²) in [5.74, 6) is 0.167. The lowest BCUT2D eigenvalue weighted by Gasteiger charge is -2.33. The summed E-state index contributed by atoms with van der Waals surface area (Å²) in [6, 6.07) is 30.3. The fourth-order valence-corrected chi connectivity index (χ4v) is 9.69. The van der Waals surface area contributed by atoms with Gasteiger partial charge >= 0.3 is 0 Å². The summed E-state index contributed by atoms with van der Waals surface area (Å²) in [5.41, 5.74) is 6.86. The molecule has 32 heavy (non-hydrogen) atoms. The van der Waals surface area contributed by atoms with Crippen LogP contribution in [0.1, 0.15) is 15.9 Å². The first-order valence-corrected chi connectivity index (χ1v) is 15.0. The smallest absolute Gasteiger partial charge is 0.192 e. The Morgan fingerprint density at radius 1 is 0.594 bits per heavy atom. The monoisotopic (exact) mass is 445 g/mol. The molecule has 4 aromatic carbocycles. The van der Waals surface area contributed by atoms with Crippen LogP contribution in [0.3, 0.4) is 0 Å². The first-order valence-electron chi connectivity index (χ1n) is 11.0. The average molecular weight is 446 g/mol. The summed E-state index contributed by atoms with van der Waals surface area (Å²) in [7, 11) is 0.366. The zero-order chi connectivity index (χ0) is 22.0. The highest BCUT2D eigenvalue weighted by atomic mass is 28.3. The number of fused-ring (bicyclic) bond motifs is 4. The van der Waals surface area contributed by atoms with E-state index >= 15 is 0 Å². The molecule has 2 aliphatic heterocycles. The molecule has 0 amide bonds. The number of anilines is 2. The third kappa shape index (κ3) is 2.73. The third-order valence-electron chi connectivity index (χ3n) is 7.01. The van der Waals surface area contributed by atoms with Crippen molar-refractivity contribution in [1.29, 1.82) is 0 Å². The van der Waals surface area contributed by atoms with Crippen molar-refractivity contribution in [2.24, 2.45) is 0 Å². The zero-order valence-corrected chi connectivity index (χ0v) is 20.4. The molecule has 0 fully saturated rings. The van der Waals surface area contributed by atoms with Gasteiger partial charge < -0.3 is 4.90 Å². The minimum absolute atomic E-state index is 0.167. The molecule has 2 heterocycles. The van der Waals surface area contributed by atoms with Gasteiger partial charge in [0.25, 0.3) is 0 Å². The van der Waals surface area contributed by atoms with Gasteiger partial charge in [0.15, 0.2) is 5.78 Å². The van der Waals surface area contributed by atoms with Crippen molar-refractivity contribution in [1.82, 2.24) is 0 Å². The van der Waals surface area contributed by atoms with Crippen molar-refractivity contribution < 1.29 is 4.79 Å². The molecule has 2 radical (unpaired) electrons. The van der Waals surface area contributed by atoms with Crippen molar-refractivity contribution in [2.75, 3.05) is 11.9 Å². The molecule has 0 N–H and O–H groups in total. The molecule has 0 saturated carbocycles. The Hall–Kier alpha value is -3.22. The molecule has 0 unspecified atom stereocenters. The Morgan fingerprint density at radius 3 is 1.97 bits per heavy atom. The number of carbonyl (C=O) groups excluding carboxylic acids is 1. The quantitative estimate of drug-likeness (QED) is 0.418. The molecule has 154 valence electrons.